The van der Waals surface area contributed by atoms with Gasteiger partial charge in [0, 0.05) is 10.7 Å². The second-order valence-electron chi connectivity index (χ2n) is 4.30. The molecule has 0 spiro atoms. The first-order valence-electron chi connectivity index (χ1n) is 5.06. The molecule has 0 aliphatic rings. The van der Waals surface area contributed by atoms with E-state index in [4.69, 9.17) is 16.7 Å². The molecule has 2 N–H and O–H groups in total. The van der Waals surface area contributed by atoms with Gasteiger partial charge in [-0.15, -0.1) is 0 Å². The number of anilines is 1. The van der Waals surface area contributed by atoms with Gasteiger partial charge in [-0.05, 0) is 38.5 Å². The number of carboxylic acids is 1. The number of carboxylic acid groups (broad SMARTS) is 1. The number of carbonyl (C=O) groups excluding carboxylic acids is 1. The second-order valence-corrected chi connectivity index (χ2v) is 4.70. The molecule has 0 bridgehead atoms. The minimum atomic E-state index is -1.48. The summed E-state index contributed by atoms with van der Waals surface area (Å²) in [5.74, 6) is -1.75. The van der Waals surface area contributed by atoms with Crippen molar-refractivity contribution in [2.75, 3.05) is 5.32 Å². The average Bonchev–Trinajstić information content (AvgIpc) is 2.24. The molecule has 92 valence electrons. The van der Waals surface area contributed by atoms with Crippen molar-refractivity contribution in [3.63, 3.8) is 0 Å². The van der Waals surface area contributed by atoms with E-state index in [1.807, 2.05) is 0 Å². The van der Waals surface area contributed by atoms with Gasteiger partial charge in [0.05, 0.1) is 0 Å². The fourth-order valence-corrected chi connectivity index (χ4v) is 1.29. The molecule has 17 heavy (non-hydrogen) atoms. The number of rotatable bonds is 3. The predicted molar refractivity (Wildman–Crippen MR) is 66.2 cm³/mol. The highest BCUT2D eigenvalue weighted by molar-refractivity contribution is 6.31. The highest BCUT2D eigenvalue weighted by atomic mass is 35.5. The summed E-state index contributed by atoms with van der Waals surface area (Å²) in [7, 11) is 0. The minimum absolute atomic E-state index is 0.524. The summed E-state index contributed by atoms with van der Waals surface area (Å²) in [5.41, 5.74) is -0.241. The largest absolute Gasteiger partial charge is 0.480 e. The number of aliphatic carboxylic acids is 1. The first-order chi connectivity index (χ1) is 7.76. The Kier molecular flexibility index (Phi) is 3.78. The van der Waals surface area contributed by atoms with Gasteiger partial charge in [-0.1, -0.05) is 17.7 Å². The summed E-state index contributed by atoms with van der Waals surface area (Å²) in [6, 6.07) is 5.07. The first kappa shape index (κ1) is 13.5. The lowest BCUT2D eigenvalue weighted by Gasteiger charge is -2.19. The van der Waals surface area contributed by atoms with Crippen LogP contribution in [0.2, 0.25) is 5.02 Å². The molecule has 1 rings (SSSR count). The second kappa shape index (κ2) is 4.75. The van der Waals surface area contributed by atoms with E-state index < -0.39 is 17.3 Å². The van der Waals surface area contributed by atoms with Gasteiger partial charge in [0.25, 0.3) is 0 Å². The van der Waals surface area contributed by atoms with E-state index in [0.717, 1.165) is 0 Å². The Hall–Kier alpha value is -1.55. The van der Waals surface area contributed by atoms with E-state index in [-0.39, 0.29) is 0 Å². The molecular weight excluding hydrogens is 242 g/mol. The zero-order valence-electron chi connectivity index (χ0n) is 9.87. The summed E-state index contributed by atoms with van der Waals surface area (Å²) < 4.78 is 0. The van der Waals surface area contributed by atoms with Crippen LogP contribution in [0, 0.1) is 12.3 Å². The van der Waals surface area contributed by atoms with E-state index in [1.165, 1.54) is 13.8 Å². The summed E-state index contributed by atoms with van der Waals surface area (Å²) in [4.78, 5) is 22.7. The summed E-state index contributed by atoms with van der Waals surface area (Å²) in [6.45, 7) is 4.46. The standard InChI is InChI=1S/C12H14ClNO3/c1-7-8(13)5-4-6-9(7)14-10(15)12(2,3)11(16)17/h4-6H,1-3H3,(H,14,15)(H,16,17). The molecule has 0 unspecified atom stereocenters. The van der Waals surface area contributed by atoms with Crippen molar-refractivity contribution in [1.29, 1.82) is 0 Å². The van der Waals surface area contributed by atoms with Crippen LogP contribution in [-0.4, -0.2) is 17.0 Å². The van der Waals surface area contributed by atoms with E-state index in [9.17, 15) is 9.59 Å². The van der Waals surface area contributed by atoms with Crippen molar-refractivity contribution in [2.24, 2.45) is 5.41 Å². The lowest BCUT2D eigenvalue weighted by atomic mass is 9.92. The van der Waals surface area contributed by atoms with Crippen LogP contribution in [0.4, 0.5) is 5.69 Å². The zero-order valence-corrected chi connectivity index (χ0v) is 10.6. The van der Waals surface area contributed by atoms with Crippen LogP contribution in [-0.2, 0) is 9.59 Å². The maximum absolute atomic E-state index is 11.8. The van der Waals surface area contributed by atoms with Gasteiger partial charge in [-0.2, -0.15) is 0 Å². The molecule has 0 radical (unpaired) electrons. The van der Waals surface area contributed by atoms with Crippen molar-refractivity contribution >= 4 is 29.2 Å². The predicted octanol–water partition coefficient (Wildman–Crippen LogP) is 2.70. The summed E-state index contributed by atoms with van der Waals surface area (Å²) in [6.07, 6.45) is 0. The Labute approximate surface area is 105 Å². The van der Waals surface area contributed by atoms with Gasteiger partial charge in [0.15, 0.2) is 0 Å². The molecular formula is C12H14ClNO3. The Morgan fingerprint density at radius 2 is 1.94 bits per heavy atom. The summed E-state index contributed by atoms with van der Waals surface area (Å²) in [5, 5.41) is 12.0. The zero-order chi connectivity index (χ0) is 13.2. The van der Waals surface area contributed by atoms with Crippen molar-refractivity contribution in [3.05, 3.63) is 28.8 Å². The third-order valence-electron chi connectivity index (χ3n) is 2.62. The van der Waals surface area contributed by atoms with E-state index >= 15 is 0 Å². The molecule has 1 aromatic rings. The van der Waals surface area contributed by atoms with Crippen molar-refractivity contribution < 1.29 is 14.7 Å². The Bertz CT molecular complexity index is 469. The fraction of sp³-hybridized carbons (Fsp3) is 0.333. The molecule has 0 fully saturated rings. The first-order valence-corrected chi connectivity index (χ1v) is 5.44. The monoisotopic (exact) mass is 255 g/mol. The molecule has 1 aromatic carbocycles. The summed E-state index contributed by atoms with van der Waals surface area (Å²) >= 11 is 5.91. The van der Waals surface area contributed by atoms with Crippen LogP contribution in [0.5, 0.6) is 0 Å². The van der Waals surface area contributed by atoms with Gasteiger partial charge >= 0.3 is 5.97 Å². The molecule has 0 saturated carbocycles. The molecule has 0 aliphatic carbocycles. The van der Waals surface area contributed by atoms with Gasteiger partial charge < -0.3 is 10.4 Å². The highest BCUT2D eigenvalue weighted by Gasteiger charge is 2.36. The van der Waals surface area contributed by atoms with E-state index in [0.29, 0.717) is 16.3 Å². The fourth-order valence-electron chi connectivity index (χ4n) is 1.12. The van der Waals surface area contributed by atoms with E-state index in [1.54, 1.807) is 25.1 Å². The number of hydrogen-bond donors (Lipinski definition) is 2. The van der Waals surface area contributed by atoms with Crippen LogP contribution in [0.25, 0.3) is 0 Å². The maximum Gasteiger partial charge on any atom is 0.318 e. The molecule has 1 amide bonds. The highest BCUT2D eigenvalue weighted by Crippen LogP contribution is 2.25. The Balaban J connectivity index is 2.97. The van der Waals surface area contributed by atoms with Crippen molar-refractivity contribution in [3.8, 4) is 0 Å². The van der Waals surface area contributed by atoms with Crippen LogP contribution in [0.1, 0.15) is 19.4 Å². The normalized spacial score (nSPS) is 11.1. The number of carbonyl (C=O) groups is 2. The topological polar surface area (TPSA) is 66.4 Å². The maximum atomic E-state index is 11.8. The molecule has 0 saturated heterocycles. The molecule has 4 nitrogen and oxygen atoms in total. The molecule has 5 heteroatoms. The lowest BCUT2D eigenvalue weighted by Crippen LogP contribution is -2.38. The smallest absolute Gasteiger partial charge is 0.318 e. The third kappa shape index (κ3) is 2.77. The van der Waals surface area contributed by atoms with Gasteiger partial charge in [0.1, 0.15) is 5.41 Å². The minimum Gasteiger partial charge on any atom is -0.480 e. The third-order valence-corrected chi connectivity index (χ3v) is 3.03. The quantitative estimate of drug-likeness (QED) is 0.816. The average molecular weight is 256 g/mol. The lowest BCUT2D eigenvalue weighted by molar-refractivity contribution is -0.151. The Morgan fingerprint density at radius 3 is 2.47 bits per heavy atom. The number of hydrogen-bond acceptors (Lipinski definition) is 2. The Morgan fingerprint density at radius 1 is 1.35 bits per heavy atom. The molecule has 0 aromatic heterocycles. The van der Waals surface area contributed by atoms with Crippen molar-refractivity contribution in [2.45, 2.75) is 20.8 Å². The van der Waals surface area contributed by atoms with Gasteiger partial charge in [-0.3, -0.25) is 9.59 Å². The van der Waals surface area contributed by atoms with Crippen LogP contribution >= 0.6 is 11.6 Å². The van der Waals surface area contributed by atoms with Gasteiger partial charge in [0.2, 0.25) is 5.91 Å². The molecule has 0 heterocycles. The number of amides is 1. The van der Waals surface area contributed by atoms with Crippen LogP contribution < -0.4 is 5.32 Å². The number of halogens is 1. The van der Waals surface area contributed by atoms with Crippen LogP contribution in [0.15, 0.2) is 18.2 Å². The van der Waals surface area contributed by atoms with E-state index in [2.05, 4.69) is 5.32 Å². The van der Waals surface area contributed by atoms with Gasteiger partial charge in [-0.25, -0.2) is 0 Å². The van der Waals surface area contributed by atoms with Crippen molar-refractivity contribution in [1.82, 2.24) is 0 Å². The number of benzene rings is 1. The molecule has 0 aliphatic heterocycles. The van der Waals surface area contributed by atoms with Crippen LogP contribution in [0.3, 0.4) is 0 Å². The molecule has 0 atom stereocenters. The number of nitrogens with one attached hydrogen (secondary N) is 1. The SMILES string of the molecule is Cc1c(Cl)cccc1NC(=O)C(C)(C)C(=O)O.